The molecule has 146 valence electrons. The normalized spacial score (nSPS) is 13.3. The second-order valence-corrected chi connectivity index (χ2v) is 9.01. The molecule has 0 saturated heterocycles. The first-order chi connectivity index (χ1) is 14.6. The minimum atomic E-state index is 0.268. The van der Waals surface area contributed by atoms with Crippen LogP contribution in [0.4, 0.5) is 0 Å². The van der Waals surface area contributed by atoms with E-state index in [1.54, 1.807) is 16.6 Å². The van der Waals surface area contributed by atoms with Gasteiger partial charge in [0.2, 0.25) is 6.71 Å². The fourth-order valence-corrected chi connectivity index (χ4v) is 5.49. The van der Waals surface area contributed by atoms with Gasteiger partial charge in [-0.05, 0) is 61.4 Å². The summed E-state index contributed by atoms with van der Waals surface area (Å²) in [7, 11) is 2.21. The Bertz CT molecular complexity index is 1240. The second-order valence-electron chi connectivity index (χ2n) is 9.01. The van der Waals surface area contributed by atoms with E-state index in [9.17, 15) is 0 Å². The number of fused-ring (bicyclic) bond motifs is 2. The summed E-state index contributed by atoms with van der Waals surface area (Å²) in [6.45, 7) is 4.87. The zero-order valence-corrected chi connectivity index (χ0v) is 18.3. The maximum Gasteiger partial charge on any atom is 0.243 e. The predicted octanol–water partition coefficient (Wildman–Crippen LogP) is 3.11. The monoisotopic (exact) mass is 386 g/mol. The maximum absolute atomic E-state index is 2.40. The van der Waals surface area contributed by atoms with Crippen molar-refractivity contribution in [1.29, 1.82) is 0 Å². The SMILES string of the molecule is Bc1cccc(B(c2c(C)ccc3c2CCCC3)c2c(C)ccc3ccccc23)c1. The molecule has 4 aromatic rings. The number of aryl methyl sites for hydroxylation is 3. The molecule has 0 unspecified atom stereocenters. The van der Waals surface area contributed by atoms with Crippen LogP contribution in [0.2, 0.25) is 0 Å². The number of rotatable bonds is 3. The van der Waals surface area contributed by atoms with E-state index in [1.165, 1.54) is 64.0 Å². The molecule has 0 nitrogen and oxygen atoms in total. The Morgan fingerprint density at radius 3 is 2.37 bits per heavy atom. The van der Waals surface area contributed by atoms with Crippen LogP contribution in [-0.4, -0.2) is 14.6 Å². The fourth-order valence-electron chi connectivity index (χ4n) is 5.49. The van der Waals surface area contributed by atoms with Crippen LogP contribution < -0.4 is 21.9 Å². The molecule has 0 heterocycles. The third-order valence-electron chi connectivity index (χ3n) is 6.94. The van der Waals surface area contributed by atoms with Gasteiger partial charge in [-0.15, -0.1) is 0 Å². The lowest BCUT2D eigenvalue weighted by Gasteiger charge is -2.28. The van der Waals surface area contributed by atoms with Gasteiger partial charge in [0.15, 0.2) is 0 Å². The smallest absolute Gasteiger partial charge is 0.0895 e. The van der Waals surface area contributed by atoms with Crippen molar-refractivity contribution in [2.75, 3.05) is 0 Å². The van der Waals surface area contributed by atoms with Gasteiger partial charge < -0.3 is 0 Å². The van der Waals surface area contributed by atoms with Crippen LogP contribution in [0, 0.1) is 13.8 Å². The predicted molar refractivity (Wildman–Crippen MR) is 136 cm³/mol. The zero-order valence-electron chi connectivity index (χ0n) is 18.3. The van der Waals surface area contributed by atoms with E-state index in [1.807, 2.05) is 0 Å². The molecular weight excluding hydrogens is 358 g/mol. The van der Waals surface area contributed by atoms with Gasteiger partial charge in [0.05, 0.1) is 0 Å². The van der Waals surface area contributed by atoms with Crippen LogP contribution in [0.3, 0.4) is 0 Å². The number of hydrogen-bond donors (Lipinski definition) is 0. The average Bonchev–Trinajstić information content (AvgIpc) is 2.77. The van der Waals surface area contributed by atoms with E-state index >= 15 is 0 Å². The first-order valence-corrected chi connectivity index (χ1v) is 11.3. The standard InChI is InChI=1S/C28H28B2/c1-19-14-16-21-8-3-5-12-25(21)27(19)30(24-11-7-10-23(29)18-24)28-20(2)15-17-22-9-4-6-13-26(22)28/h3,5,7-8,10-12,14-18H,4,6,9,13,29H2,1-2H3. The quantitative estimate of drug-likeness (QED) is 0.475. The summed E-state index contributed by atoms with van der Waals surface area (Å²) in [5.41, 5.74) is 11.8. The highest BCUT2D eigenvalue weighted by atomic mass is 14.2. The Morgan fingerprint density at radius 2 is 1.50 bits per heavy atom. The molecule has 5 rings (SSSR count). The summed E-state index contributed by atoms with van der Waals surface area (Å²) in [6, 6.07) is 27.4. The first-order valence-electron chi connectivity index (χ1n) is 11.3. The van der Waals surface area contributed by atoms with E-state index in [-0.39, 0.29) is 6.71 Å². The van der Waals surface area contributed by atoms with Crippen LogP contribution in [0.25, 0.3) is 10.8 Å². The number of hydrogen-bond acceptors (Lipinski definition) is 0. The Labute approximate surface area is 181 Å². The summed E-state index contributed by atoms with van der Waals surface area (Å²) < 4.78 is 0. The molecule has 0 N–H and O–H groups in total. The van der Waals surface area contributed by atoms with E-state index in [0.29, 0.717) is 0 Å². The van der Waals surface area contributed by atoms with Crippen molar-refractivity contribution in [3.8, 4) is 0 Å². The molecule has 0 aliphatic heterocycles. The molecule has 0 spiro atoms. The van der Waals surface area contributed by atoms with E-state index in [4.69, 9.17) is 0 Å². The lowest BCUT2D eigenvalue weighted by Crippen LogP contribution is -2.56. The van der Waals surface area contributed by atoms with Crippen LogP contribution in [0.15, 0.2) is 72.8 Å². The first kappa shape index (κ1) is 19.2. The topological polar surface area (TPSA) is 0 Å². The lowest BCUT2D eigenvalue weighted by atomic mass is 9.33. The van der Waals surface area contributed by atoms with E-state index in [2.05, 4.69) is 94.5 Å². The van der Waals surface area contributed by atoms with Crippen molar-refractivity contribution in [3.05, 3.63) is 95.1 Å². The van der Waals surface area contributed by atoms with Crippen molar-refractivity contribution in [2.45, 2.75) is 39.5 Å². The summed E-state index contributed by atoms with van der Waals surface area (Å²) in [5.74, 6) is 0. The maximum atomic E-state index is 2.40. The lowest BCUT2D eigenvalue weighted by molar-refractivity contribution is 0.688. The zero-order chi connectivity index (χ0) is 20.7. The van der Waals surface area contributed by atoms with Crippen LogP contribution in [-0.2, 0) is 12.8 Å². The Balaban J connectivity index is 1.87. The summed E-state index contributed by atoms with van der Waals surface area (Å²) in [4.78, 5) is 0. The van der Waals surface area contributed by atoms with Crippen molar-refractivity contribution in [1.82, 2.24) is 0 Å². The van der Waals surface area contributed by atoms with Crippen molar-refractivity contribution >= 4 is 47.2 Å². The molecule has 1 aliphatic carbocycles. The minimum absolute atomic E-state index is 0.268. The van der Waals surface area contributed by atoms with Gasteiger partial charge in [-0.25, -0.2) is 0 Å². The van der Waals surface area contributed by atoms with Gasteiger partial charge in [-0.3, -0.25) is 0 Å². The molecule has 0 saturated carbocycles. The largest absolute Gasteiger partial charge is 0.243 e. The van der Waals surface area contributed by atoms with Crippen LogP contribution in [0.5, 0.6) is 0 Å². The summed E-state index contributed by atoms with van der Waals surface area (Å²) in [6.07, 6.45) is 5.05. The van der Waals surface area contributed by atoms with Gasteiger partial charge >= 0.3 is 0 Å². The van der Waals surface area contributed by atoms with Gasteiger partial charge in [-0.2, -0.15) is 0 Å². The average molecular weight is 386 g/mol. The van der Waals surface area contributed by atoms with E-state index < -0.39 is 0 Å². The third kappa shape index (κ3) is 3.29. The highest BCUT2D eigenvalue weighted by Crippen LogP contribution is 2.23. The van der Waals surface area contributed by atoms with Crippen LogP contribution in [0.1, 0.15) is 35.1 Å². The summed E-state index contributed by atoms with van der Waals surface area (Å²) >= 11 is 0. The minimum Gasteiger partial charge on any atom is -0.0895 e. The molecule has 0 atom stereocenters. The Hall–Kier alpha value is -2.73. The van der Waals surface area contributed by atoms with Crippen molar-refractivity contribution in [2.24, 2.45) is 0 Å². The van der Waals surface area contributed by atoms with Gasteiger partial charge in [0.25, 0.3) is 0 Å². The van der Waals surface area contributed by atoms with Crippen molar-refractivity contribution in [3.63, 3.8) is 0 Å². The molecule has 4 aromatic carbocycles. The molecule has 2 heteroatoms. The second kappa shape index (κ2) is 7.84. The Morgan fingerprint density at radius 1 is 0.733 bits per heavy atom. The fraction of sp³-hybridized carbons (Fsp3) is 0.214. The molecule has 0 fully saturated rings. The molecule has 0 bridgehead atoms. The van der Waals surface area contributed by atoms with E-state index in [0.717, 1.165) is 0 Å². The molecular formula is C28H28B2. The van der Waals surface area contributed by atoms with Crippen LogP contribution >= 0.6 is 0 Å². The Kier molecular flexibility index (Phi) is 5.03. The van der Waals surface area contributed by atoms with Gasteiger partial charge in [0, 0.05) is 0 Å². The highest BCUT2D eigenvalue weighted by molar-refractivity contribution is 6.97. The molecule has 0 amide bonds. The van der Waals surface area contributed by atoms with Crippen molar-refractivity contribution < 1.29 is 0 Å². The highest BCUT2D eigenvalue weighted by Gasteiger charge is 2.30. The third-order valence-corrected chi connectivity index (χ3v) is 6.94. The van der Waals surface area contributed by atoms with Gasteiger partial charge in [0.1, 0.15) is 7.85 Å². The molecule has 0 radical (unpaired) electrons. The molecule has 1 aliphatic rings. The number of benzene rings is 4. The molecule has 0 aromatic heterocycles. The van der Waals surface area contributed by atoms with Gasteiger partial charge in [-0.1, -0.05) is 106 Å². The molecule has 30 heavy (non-hydrogen) atoms. The summed E-state index contributed by atoms with van der Waals surface area (Å²) in [5, 5.41) is 2.72.